The molecular weight excluding hydrogens is 228 g/mol. The maximum absolute atomic E-state index is 11.8. The van der Waals surface area contributed by atoms with Crippen LogP contribution >= 0.6 is 0 Å². The lowest BCUT2D eigenvalue weighted by molar-refractivity contribution is -0.128. The molecule has 1 aliphatic heterocycles. The van der Waals surface area contributed by atoms with Crippen molar-refractivity contribution >= 4 is 11.9 Å². The van der Waals surface area contributed by atoms with Gasteiger partial charge in [-0.2, -0.15) is 0 Å². The molecule has 102 valence electrons. The lowest BCUT2D eigenvalue weighted by Gasteiger charge is -2.23. The highest BCUT2D eigenvalue weighted by molar-refractivity contribution is 5.84. The molecule has 0 bridgehead atoms. The minimum Gasteiger partial charge on any atom is -0.370 e. The summed E-state index contributed by atoms with van der Waals surface area (Å²) in [4.78, 5) is 17.8. The summed E-state index contributed by atoms with van der Waals surface area (Å²) >= 11 is 0. The molecule has 5 heteroatoms. The molecule has 1 heterocycles. The molecule has 0 radical (unpaired) electrons. The Hall–Kier alpha value is -1.26. The van der Waals surface area contributed by atoms with Crippen molar-refractivity contribution in [1.82, 2.24) is 10.2 Å². The van der Waals surface area contributed by atoms with Crippen molar-refractivity contribution in [3.8, 4) is 0 Å². The lowest BCUT2D eigenvalue weighted by Crippen LogP contribution is -2.41. The van der Waals surface area contributed by atoms with Gasteiger partial charge in [0.15, 0.2) is 5.96 Å². The molecule has 0 atom stereocenters. The molecule has 2 aliphatic rings. The van der Waals surface area contributed by atoms with Gasteiger partial charge in [0, 0.05) is 19.1 Å². The number of nitrogens with zero attached hydrogens (tertiary/aromatic N) is 2. The highest BCUT2D eigenvalue weighted by atomic mass is 16.2. The molecule has 2 rings (SSSR count). The quantitative estimate of drug-likeness (QED) is 0.578. The third-order valence-corrected chi connectivity index (χ3v) is 3.80. The van der Waals surface area contributed by atoms with Crippen LogP contribution in [0.5, 0.6) is 0 Å². The van der Waals surface area contributed by atoms with Gasteiger partial charge in [0.1, 0.15) is 6.54 Å². The normalized spacial score (nSPS) is 22.2. The van der Waals surface area contributed by atoms with Crippen LogP contribution in [-0.2, 0) is 4.79 Å². The maximum Gasteiger partial charge on any atom is 0.244 e. The maximum atomic E-state index is 11.8. The fourth-order valence-corrected chi connectivity index (χ4v) is 2.72. The fourth-order valence-electron chi connectivity index (χ4n) is 2.72. The third kappa shape index (κ3) is 3.89. The van der Waals surface area contributed by atoms with E-state index in [1.54, 1.807) is 0 Å². The van der Waals surface area contributed by atoms with Crippen molar-refractivity contribution in [2.45, 2.75) is 51.0 Å². The number of rotatable bonds is 3. The lowest BCUT2D eigenvalue weighted by atomic mass is 9.96. The molecule has 5 nitrogen and oxygen atoms in total. The first-order valence-electron chi connectivity index (χ1n) is 7.10. The number of aliphatic imine (C=N–C) groups is 1. The molecule has 0 aromatic carbocycles. The van der Waals surface area contributed by atoms with E-state index in [-0.39, 0.29) is 12.5 Å². The summed E-state index contributed by atoms with van der Waals surface area (Å²) in [5, 5.41) is 3.22. The Morgan fingerprint density at radius 3 is 2.50 bits per heavy atom. The number of likely N-dealkylation sites (tertiary alicyclic amines) is 1. The number of carbonyl (C=O) groups excluding carboxylic acids is 1. The Labute approximate surface area is 109 Å². The Morgan fingerprint density at radius 2 is 1.83 bits per heavy atom. The average Bonchev–Trinajstić information content (AvgIpc) is 2.91. The summed E-state index contributed by atoms with van der Waals surface area (Å²) in [5.74, 6) is 0.523. The minimum absolute atomic E-state index is 0.0981. The first-order chi connectivity index (χ1) is 8.75. The van der Waals surface area contributed by atoms with Gasteiger partial charge in [0.05, 0.1) is 0 Å². The fraction of sp³-hybridized carbons (Fsp3) is 0.846. The second kappa shape index (κ2) is 6.61. The second-order valence-corrected chi connectivity index (χ2v) is 5.27. The largest absolute Gasteiger partial charge is 0.370 e. The summed E-state index contributed by atoms with van der Waals surface area (Å²) in [6.45, 7) is 1.94. The van der Waals surface area contributed by atoms with Gasteiger partial charge in [-0.05, 0) is 25.7 Å². The number of carbonyl (C=O) groups is 1. The first kappa shape index (κ1) is 13.2. The number of hydrogen-bond acceptors (Lipinski definition) is 2. The van der Waals surface area contributed by atoms with Crippen LogP contribution in [0.3, 0.4) is 0 Å². The predicted molar refractivity (Wildman–Crippen MR) is 72.3 cm³/mol. The van der Waals surface area contributed by atoms with Crippen LogP contribution in [-0.4, -0.2) is 42.4 Å². The van der Waals surface area contributed by atoms with E-state index in [2.05, 4.69) is 10.3 Å². The topological polar surface area (TPSA) is 70.7 Å². The molecule has 0 unspecified atom stereocenters. The summed E-state index contributed by atoms with van der Waals surface area (Å²) < 4.78 is 0. The van der Waals surface area contributed by atoms with Gasteiger partial charge in [0.25, 0.3) is 0 Å². The van der Waals surface area contributed by atoms with E-state index >= 15 is 0 Å². The highest BCUT2D eigenvalue weighted by Gasteiger charge is 2.17. The Kier molecular flexibility index (Phi) is 4.84. The summed E-state index contributed by atoms with van der Waals surface area (Å²) in [7, 11) is 0. The van der Waals surface area contributed by atoms with Gasteiger partial charge in [-0.25, -0.2) is 4.99 Å². The zero-order chi connectivity index (χ0) is 12.8. The van der Waals surface area contributed by atoms with Crippen molar-refractivity contribution in [1.29, 1.82) is 0 Å². The van der Waals surface area contributed by atoms with Gasteiger partial charge in [0.2, 0.25) is 5.91 Å². The van der Waals surface area contributed by atoms with Crippen molar-refractivity contribution < 1.29 is 4.79 Å². The van der Waals surface area contributed by atoms with Gasteiger partial charge >= 0.3 is 0 Å². The average molecular weight is 252 g/mol. The Bertz CT molecular complexity index is 304. The van der Waals surface area contributed by atoms with Gasteiger partial charge in [-0.1, -0.05) is 19.3 Å². The zero-order valence-corrected chi connectivity index (χ0v) is 11.0. The smallest absolute Gasteiger partial charge is 0.244 e. The van der Waals surface area contributed by atoms with Crippen molar-refractivity contribution in [2.75, 3.05) is 19.6 Å². The second-order valence-electron chi connectivity index (χ2n) is 5.27. The van der Waals surface area contributed by atoms with Crippen LogP contribution in [0.25, 0.3) is 0 Å². The molecule has 0 spiro atoms. The first-order valence-corrected chi connectivity index (χ1v) is 7.10. The van der Waals surface area contributed by atoms with E-state index in [1.807, 2.05) is 4.90 Å². The zero-order valence-electron chi connectivity index (χ0n) is 11.0. The monoisotopic (exact) mass is 252 g/mol. The molecule has 0 aromatic heterocycles. The van der Waals surface area contributed by atoms with Crippen molar-refractivity contribution in [2.24, 2.45) is 10.7 Å². The number of hydrogen-bond donors (Lipinski definition) is 2. The molecule has 1 amide bonds. The van der Waals surface area contributed by atoms with E-state index in [0.29, 0.717) is 12.0 Å². The van der Waals surface area contributed by atoms with Crippen LogP contribution in [0.15, 0.2) is 4.99 Å². The third-order valence-electron chi connectivity index (χ3n) is 3.80. The summed E-state index contributed by atoms with van der Waals surface area (Å²) in [6, 6.07) is 0.449. The van der Waals surface area contributed by atoms with Gasteiger partial charge in [-0.3, -0.25) is 4.79 Å². The number of guanidine groups is 1. The molecule has 1 saturated carbocycles. The van der Waals surface area contributed by atoms with Gasteiger partial charge in [-0.15, -0.1) is 0 Å². The molecule has 1 aliphatic carbocycles. The molecule has 2 fully saturated rings. The van der Waals surface area contributed by atoms with E-state index < -0.39 is 0 Å². The number of nitrogens with one attached hydrogen (secondary N) is 1. The Balaban J connectivity index is 1.71. The molecule has 18 heavy (non-hydrogen) atoms. The van der Waals surface area contributed by atoms with Crippen LogP contribution in [0.4, 0.5) is 0 Å². The molecular formula is C13H24N4O. The van der Waals surface area contributed by atoms with Crippen molar-refractivity contribution in [3.05, 3.63) is 0 Å². The van der Waals surface area contributed by atoms with Gasteiger partial charge < -0.3 is 16.0 Å². The summed E-state index contributed by atoms with van der Waals surface area (Å²) in [5.41, 5.74) is 5.82. The molecule has 1 saturated heterocycles. The summed E-state index contributed by atoms with van der Waals surface area (Å²) in [6.07, 6.45) is 8.40. The highest BCUT2D eigenvalue weighted by Crippen LogP contribution is 2.17. The van der Waals surface area contributed by atoms with E-state index in [4.69, 9.17) is 5.73 Å². The molecule has 3 N–H and O–H groups in total. The standard InChI is InChI=1S/C13H24N4O/c14-13(16-11-6-2-1-3-7-11)15-10-12(18)17-8-4-5-9-17/h11H,1-10H2,(H3,14,15,16). The van der Waals surface area contributed by atoms with Crippen LogP contribution in [0.1, 0.15) is 44.9 Å². The van der Waals surface area contributed by atoms with Crippen LogP contribution in [0.2, 0.25) is 0 Å². The number of nitrogens with two attached hydrogens (primary N) is 1. The van der Waals surface area contributed by atoms with Crippen molar-refractivity contribution in [3.63, 3.8) is 0 Å². The predicted octanol–water partition coefficient (Wildman–Crippen LogP) is 0.846. The van der Waals surface area contributed by atoms with Crippen LogP contribution in [0, 0.1) is 0 Å². The van der Waals surface area contributed by atoms with Crippen LogP contribution < -0.4 is 11.1 Å². The SMILES string of the molecule is NC(=NCC(=O)N1CCCC1)NC1CCCCC1. The number of amides is 1. The Morgan fingerprint density at radius 1 is 1.17 bits per heavy atom. The molecule has 0 aromatic rings. The van der Waals surface area contributed by atoms with E-state index in [0.717, 1.165) is 38.8 Å². The van der Waals surface area contributed by atoms with E-state index in [9.17, 15) is 4.79 Å². The van der Waals surface area contributed by atoms with E-state index in [1.165, 1.54) is 19.3 Å². The minimum atomic E-state index is 0.0981.